The van der Waals surface area contributed by atoms with Crippen LogP contribution >= 0.6 is 0 Å². The molecule has 0 amide bonds. The van der Waals surface area contributed by atoms with E-state index in [4.69, 9.17) is 9.47 Å². The third kappa shape index (κ3) is 1.54. The van der Waals surface area contributed by atoms with Crippen LogP contribution in [0.1, 0.15) is 46.0 Å². The molecule has 16 heavy (non-hydrogen) atoms. The van der Waals surface area contributed by atoms with E-state index in [1.54, 1.807) is 5.57 Å². The van der Waals surface area contributed by atoms with E-state index in [9.17, 15) is 0 Å². The highest BCUT2D eigenvalue weighted by molar-refractivity contribution is 5.15. The van der Waals surface area contributed by atoms with E-state index >= 15 is 0 Å². The summed E-state index contributed by atoms with van der Waals surface area (Å²) >= 11 is 0. The van der Waals surface area contributed by atoms with Gasteiger partial charge in [0.1, 0.15) is 0 Å². The number of ether oxygens (including phenoxy) is 2. The van der Waals surface area contributed by atoms with Crippen molar-refractivity contribution >= 4 is 0 Å². The highest BCUT2D eigenvalue weighted by Gasteiger charge is 2.51. The predicted molar refractivity (Wildman–Crippen MR) is 63.1 cm³/mol. The van der Waals surface area contributed by atoms with Crippen molar-refractivity contribution in [1.29, 1.82) is 0 Å². The summed E-state index contributed by atoms with van der Waals surface area (Å²) in [4.78, 5) is 0. The van der Waals surface area contributed by atoms with Crippen molar-refractivity contribution in [2.24, 2.45) is 11.3 Å². The predicted octanol–water partition coefficient (Wildman–Crippen LogP) is 3.28. The molecule has 1 saturated carbocycles. The van der Waals surface area contributed by atoms with Gasteiger partial charge < -0.3 is 9.47 Å². The minimum Gasteiger partial charge on any atom is -0.348 e. The monoisotopic (exact) mass is 222 g/mol. The summed E-state index contributed by atoms with van der Waals surface area (Å²) in [5.74, 6) is 0.544. The molecule has 0 bridgehead atoms. The van der Waals surface area contributed by atoms with Crippen LogP contribution in [0.2, 0.25) is 0 Å². The van der Waals surface area contributed by atoms with E-state index < -0.39 is 0 Å². The van der Waals surface area contributed by atoms with Gasteiger partial charge in [0.05, 0.1) is 13.2 Å². The minimum atomic E-state index is -0.219. The van der Waals surface area contributed by atoms with Crippen LogP contribution in [0.3, 0.4) is 0 Å². The standard InChI is InChI=1S/C14H22O2/c1-11-4-3-6-13(2)10-14(7-5-12(11)13)15-8-9-16-14/h4,12H,3,5-10H2,1-2H3/t12-,13-/m1/s1. The molecule has 0 unspecified atom stereocenters. The zero-order chi connectivity index (χ0) is 11.2. The van der Waals surface area contributed by atoms with Gasteiger partial charge in [-0.2, -0.15) is 0 Å². The molecule has 0 aromatic rings. The van der Waals surface area contributed by atoms with Crippen molar-refractivity contribution < 1.29 is 9.47 Å². The van der Waals surface area contributed by atoms with E-state index in [1.165, 1.54) is 19.3 Å². The zero-order valence-electron chi connectivity index (χ0n) is 10.4. The average molecular weight is 222 g/mol. The molecule has 1 saturated heterocycles. The molecule has 2 heteroatoms. The molecule has 1 heterocycles. The first-order chi connectivity index (χ1) is 7.64. The van der Waals surface area contributed by atoms with E-state index in [0.29, 0.717) is 5.41 Å². The molecule has 2 aliphatic carbocycles. The van der Waals surface area contributed by atoms with Gasteiger partial charge in [-0.1, -0.05) is 18.6 Å². The summed E-state index contributed by atoms with van der Waals surface area (Å²) in [6.45, 7) is 6.31. The lowest BCUT2D eigenvalue weighted by Crippen LogP contribution is -2.47. The van der Waals surface area contributed by atoms with Crippen LogP contribution in [0.15, 0.2) is 11.6 Å². The van der Waals surface area contributed by atoms with Crippen LogP contribution in [-0.2, 0) is 9.47 Å². The Bertz CT molecular complexity index is 315. The second kappa shape index (κ2) is 3.58. The minimum absolute atomic E-state index is 0.219. The summed E-state index contributed by atoms with van der Waals surface area (Å²) in [5, 5.41) is 0. The molecule has 2 fully saturated rings. The molecular weight excluding hydrogens is 200 g/mol. The summed E-state index contributed by atoms with van der Waals surface area (Å²) in [7, 11) is 0. The maximum Gasteiger partial charge on any atom is 0.169 e. The fourth-order valence-electron chi connectivity index (χ4n) is 4.09. The summed E-state index contributed by atoms with van der Waals surface area (Å²) in [6.07, 6.45) is 8.37. The van der Waals surface area contributed by atoms with Crippen molar-refractivity contribution in [1.82, 2.24) is 0 Å². The Morgan fingerprint density at radius 3 is 2.75 bits per heavy atom. The molecule has 0 aromatic carbocycles. The fraction of sp³-hybridized carbons (Fsp3) is 0.857. The van der Waals surface area contributed by atoms with Gasteiger partial charge in [0.2, 0.25) is 0 Å². The third-order valence-electron chi connectivity index (χ3n) is 4.87. The Morgan fingerprint density at radius 2 is 2.00 bits per heavy atom. The Kier molecular flexibility index (Phi) is 2.41. The molecule has 0 radical (unpaired) electrons. The van der Waals surface area contributed by atoms with Crippen LogP contribution in [-0.4, -0.2) is 19.0 Å². The molecular formula is C14H22O2. The molecule has 3 rings (SSSR count). The third-order valence-corrected chi connectivity index (χ3v) is 4.87. The van der Waals surface area contributed by atoms with E-state index in [-0.39, 0.29) is 5.79 Å². The number of hydrogen-bond donors (Lipinski definition) is 0. The van der Waals surface area contributed by atoms with Gasteiger partial charge in [-0.3, -0.25) is 0 Å². The zero-order valence-corrected chi connectivity index (χ0v) is 10.4. The molecule has 1 spiro atoms. The Hall–Kier alpha value is -0.340. The van der Waals surface area contributed by atoms with Crippen molar-refractivity contribution in [3.8, 4) is 0 Å². The van der Waals surface area contributed by atoms with Gasteiger partial charge in [-0.15, -0.1) is 0 Å². The maximum atomic E-state index is 5.89. The first-order valence-electron chi connectivity index (χ1n) is 6.58. The molecule has 2 nitrogen and oxygen atoms in total. The highest BCUT2D eigenvalue weighted by Crippen LogP contribution is 2.55. The van der Waals surface area contributed by atoms with Gasteiger partial charge in [-0.25, -0.2) is 0 Å². The fourth-order valence-corrected chi connectivity index (χ4v) is 4.09. The normalized spacial score (nSPS) is 41.9. The Labute approximate surface area is 98.0 Å². The quantitative estimate of drug-likeness (QED) is 0.586. The molecule has 0 N–H and O–H groups in total. The molecule has 1 aliphatic heterocycles. The smallest absolute Gasteiger partial charge is 0.169 e. The summed E-state index contributed by atoms with van der Waals surface area (Å²) in [6, 6.07) is 0. The Balaban J connectivity index is 1.85. The van der Waals surface area contributed by atoms with Crippen LogP contribution in [0.25, 0.3) is 0 Å². The SMILES string of the molecule is CC1=CCC[C@]2(C)CC3(CC[C@H]12)OCCO3. The van der Waals surface area contributed by atoms with Crippen molar-refractivity contribution in [2.45, 2.75) is 51.7 Å². The maximum absolute atomic E-state index is 5.89. The van der Waals surface area contributed by atoms with E-state index in [2.05, 4.69) is 19.9 Å². The van der Waals surface area contributed by atoms with Gasteiger partial charge in [0, 0.05) is 12.8 Å². The summed E-state index contributed by atoms with van der Waals surface area (Å²) < 4.78 is 11.8. The number of rotatable bonds is 0. The van der Waals surface area contributed by atoms with Crippen LogP contribution in [0.5, 0.6) is 0 Å². The molecule has 3 aliphatic rings. The topological polar surface area (TPSA) is 18.5 Å². The van der Waals surface area contributed by atoms with Crippen molar-refractivity contribution in [3.05, 3.63) is 11.6 Å². The number of allylic oxidation sites excluding steroid dienone is 2. The van der Waals surface area contributed by atoms with E-state index in [0.717, 1.165) is 32.0 Å². The molecule has 90 valence electrons. The van der Waals surface area contributed by atoms with Crippen LogP contribution in [0.4, 0.5) is 0 Å². The first kappa shape index (κ1) is 10.8. The average Bonchev–Trinajstić information content (AvgIpc) is 2.65. The van der Waals surface area contributed by atoms with Gasteiger partial charge in [0.25, 0.3) is 0 Å². The second-order valence-corrected chi connectivity index (χ2v) is 6.02. The summed E-state index contributed by atoms with van der Waals surface area (Å²) in [5.41, 5.74) is 2.00. The lowest BCUT2D eigenvalue weighted by molar-refractivity contribution is -0.209. The molecule has 2 atom stereocenters. The lowest BCUT2D eigenvalue weighted by Gasteiger charge is -2.50. The van der Waals surface area contributed by atoms with E-state index in [1.807, 2.05) is 0 Å². The van der Waals surface area contributed by atoms with Gasteiger partial charge in [-0.05, 0) is 37.5 Å². The lowest BCUT2D eigenvalue weighted by atomic mass is 9.59. The number of hydrogen-bond acceptors (Lipinski definition) is 2. The number of fused-ring (bicyclic) bond motifs is 1. The Morgan fingerprint density at radius 1 is 1.25 bits per heavy atom. The van der Waals surface area contributed by atoms with Crippen LogP contribution < -0.4 is 0 Å². The van der Waals surface area contributed by atoms with Crippen molar-refractivity contribution in [3.63, 3.8) is 0 Å². The largest absolute Gasteiger partial charge is 0.348 e. The second-order valence-electron chi connectivity index (χ2n) is 6.02. The first-order valence-corrected chi connectivity index (χ1v) is 6.58. The molecule has 0 aromatic heterocycles. The van der Waals surface area contributed by atoms with Crippen molar-refractivity contribution in [2.75, 3.05) is 13.2 Å². The van der Waals surface area contributed by atoms with Crippen LogP contribution in [0, 0.1) is 11.3 Å². The highest BCUT2D eigenvalue weighted by atomic mass is 16.7. The van der Waals surface area contributed by atoms with Gasteiger partial charge in [0.15, 0.2) is 5.79 Å². The van der Waals surface area contributed by atoms with Gasteiger partial charge >= 0.3 is 0 Å².